The zero-order valence-electron chi connectivity index (χ0n) is 18.5. The highest BCUT2D eigenvalue weighted by atomic mass is 16.2. The quantitative estimate of drug-likeness (QED) is 0.713. The summed E-state index contributed by atoms with van der Waals surface area (Å²) in [5.74, 6) is -0.0607. The van der Waals surface area contributed by atoms with Gasteiger partial charge in [0, 0.05) is 32.7 Å². The fraction of sp³-hybridized carbons (Fsp3) is 0.609. The molecule has 0 radical (unpaired) electrons. The number of nitrogens with one attached hydrogen (secondary N) is 1. The van der Waals surface area contributed by atoms with E-state index in [-0.39, 0.29) is 23.9 Å². The Hall–Kier alpha value is -2.45. The van der Waals surface area contributed by atoms with Crippen molar-refractivity contribution in [3.63, 3.8) is 0 Å². The Morgan fingerprint density at radius 2 is 1.84 bits per heavy atom. The number of imide groups is 1. The first-order valence-corrected chi connectivity index (χ1v) is 11.2. The molecular weight excluding hydrogens is 394 g/mol. The smallest absolute Gasteiger partial charge is 0.325 e. The summed E-state index contributed by atoms with van der Waals surface area (Å²) in [5, 5.41) is 3.03. The van der Waals surface area contributed by atoms with Gasteiger partial charge in [-0.05, 0) is 45.3 Å². The third kappa shape index (κ3) is 4.60. The normalized spacial score (nSPS) is 24.2. The maximum absolute atomic E-state index is 13.4. The molecule has 8 nitrogen and oxygen atoms in total. The largest absolute Gasteiger partial charge is 0.340 e. The van der Waals surface area contributed by atoms with Crippen molar-refractivity contribution < 1.29 is 14.4 Å². The lowest BCUT2D eigenvalue weighted by Crippen LogP contribution is -2.56. The molecule has 1 unspecified atom stereocenters. The molecule has 3 aliphatic heterocycles. The summed E-state index contributed by atoms with van der Waals surface area (Å²) < 4.78 is 0. The fourth-order valence-electron chi connectivity index (χ4n) is 5.01. The number of likely N-dealkylation sites (tertiary alicyclic amines) is 2. The highest BCUT2D eigenvalue weighted by Gasteiger charge is 2.54. The zero-order chi connectivity index (χ0) is 22.0. The number of amides is 4. The van der Waals surface area contributed by atoms with Gasteiger partial charge in [-0.25, -0.2) is 4.79 Å². The average molecular weight is 428 g/mol. The van der Waals surface area contributed by atoms with E-state index in [0.29, 0.717) is 32.5 Å². The minimum absolute atomic E-state index is 0.0469. The molecule has 3 saturated heterocycles. The number of carbonyl (C=O) groups excluding carboxylic acids is 3. The van der Waals surface area contributed by atoms with Crippen molar-refractivity contribution in [2.75, 3.05) is 46.8 Å². The van der Waals surface area contributed by atoms with Crippen LogP contribution in [0.5, 0.6) is 0 Å². The second-order valence-electron chi connectivity index (χ2n) is 9.32. The maximum atomic E-state index is 13.4. The summed E-state index contributed by atoms with van der Waals surface area (Å²) in [7, 11) is 3.73. The second kappa shape index (κ2) is 8.96. The van der Waals surface area contributed by atoms with Gasteiger partial charge in [-0.1, -0.05) is 30.3 Å². The Morgan fingerprint density at radius 3 is 2.52 bits per heavy atom. The highest BCUT2D eigenvalue weighted by Crippen LogP contribution is 2.32. The van der Waals surface area contributed by atoms with Crippen LogP contribution < -0.4 is 5.32 Å². The molecule has 0 saturated carbocycles. The van der Waals surface area contributed by atoms with Crippen LogP contribution >= 0.6 is 0 Å². The Kier molecular flexibility index (Phi) is 6.29. The third-order valence-corrected chi connectivity index (χ3v) is 6.72. The Balaban J connectivity index is 1.38. The summed E-state index contributed by atoms with van der Waals surface area (Å²) >= 11 is 0. The molecule has 31 heavy (non-hydrogen) atoms. The first-order valence-electron chi connectivity index (χ1n) is 11.2. The van der Waals surface area contributed by atoms with Gasteiger partial charge >= 0.3 is 6.03 Å². The average Bonchev–Trinajstić information content (AvgIpc) is 2.99. The Bertz CT molecular complexity index is 820. The molecule has 0 bridgehead atoms. The van der Waals surface area contributed by atoms with Gasteiger partial charge in [-0.15, -0.1) is 0 Å². The molecule has 1 aromatic carbocycles. The van der Waals surface area contributed by atoms with E-state index in [1.54, 1.807) is 4.90 Å². The summed E-state index contributed by atoms with van der Waals surface area (Å²) in [6.45, 7) is 3.86. The number of benzene rings is 1. The van der Waals surface area contributed by atoms with Crippen LogP contribution in [-0.2, 0) is 16.1 Å². The monoisotopic (exact) mass is 427 g/mol. The van der Waals surface area contributed by atoms with Gasteiger partial charge < -0.3 is 15.1 Å². The van der Waals surface area contributed by atoms with Crippen molar-refractivity contribution in [2.45, 2.75) is 43.8 Å². The molecule has 4 rings (SSSR count). The number of carbonyl (C=O) groups is 3. The molecule has 8 heteroatoms. The van der Waals surface area contributed by atoms with Crippen LogP contribution in [0.3, 0.4) is 0 Å². The van der Waals surface area contributed by atoms with Crippen LogP contribution in [0.2, 0.25) is 0 Å². The number of nitrogens with zero attached hydrogens (tertiary/aromatic N) is 4. The van der Waals surface area contributed by atoms with Crippen molar-refractivity contribution in [1.82, 2.24) is 24.9 Å². The first kappa shape index (κ1) is 21.8. The molecule has 1 N–H and O–H groups in total. The molecule has 3 heterocycles. The van der Waals surface area contributed by atoms with Crippen molar-refractivity contribution >= 4 is 17.8 Å². The number of hydrogen-bond acceptors (Lipinski definition) is 5. The summed E-state index contributed by atoms with van der Waals surface area (Å²) in [4.78, 5) is 46.2. The highest BCUT2D eigenvalue weighted by molar-refractivity contribution is 6.07. The third-order valence-electron chi connectivity index (χ3n) is 6.72. The van der Waals surface area contributed by atoms with E-state index in [1.165, 1.54) is 10.5 Å². The number of piperidine rings is 2. The lowest BCUT2D eigenvalue weighted by molar-refractivity contribution is -0.139. The van der Waals surface area contributed by atoms with E-state index in [4.69, 9.17) is 0 Å². The molecular formula is C23H33N5O3. The lowest BCUT2D eigenvalue weighted by atomic mass is 9.87. The minimum Gasteiger partial charge on any atom is -0.340 e. The summed E-state index contributed by atoms with van der Waals surface area (Å²) in [6, 6.07) is 9.77. The van der Waals surface area contributed by atoms with Crippen molar-refractivity contribution in [3.8, 4) is 0 Å². The van der Waals surface area contributed by atoms with E-state index in [0.717, 1.165) is 32.5 Å². The van der Waals surface area contributed by atoms with Crippen LogP contribution in [0.25, 0.3) is 0 Å². The molecule has 0 aromatic heterocycles. The molecule has 4 amide bonds. The topological polar surface area (TPSA) is 76.2 Å². The molecule has 3 fully saturated rings. The maximum Gasteiger partial charge on any atom is 0.325 e. The number of likely N-dealkylation sites (N-methyl/N-ethyl adjacent to an activating group) is 1. The SMILES string of the molecule is CN(C)CC(=O)N1CCCC(N2C(=O)NC3(CCN(Cc4ccccc4)CC3)C2=O)C1. The molecule has 3 aliphatic rings. The van der Waals surface area contributed by atoms with E-state index < -0.39 is 5.54 Å². The lowest BCUT2D eigenvalue weighted by Gasteiger charge is -2.39. The van der Waals surface area contributed by atoms with Crippen molar-refractivity contribution in [3.05, 3.63) is 35.9 Å². The van der Waals surface area contributed by atoms with Crippen LogP contribution in [0, 0.1) is 0 Å². The van der Waals surface area contributed by atoms with Gasteiger partial charge in [-0.2, -0.15) is 0 Å². The number of hydrogen-bond donors (Lipinski definition) is 1. The Labute approximate surface area is 184 Å². The predicted molar refractivity (Wildman–Crippen MR) is 117 cm³/mol. The summed E-state index contributed by atoms with van der Waals surface area (Å²) in [5.41, 5.74) is 0.465. The molecule has 1 atom stereocenters. The summed E-state index contributed by atoms with van der Waals surface area (Å²) in [6.07, 6.45) is 2.80. The van der Waals surface area contributed by atoms with Crippen LogP contribution in [0.1, 0.15) is 31.2 Å². The van der Waals surface area contributed by atoms with Crippen LogP contribution in [0.4, 0.5) is 4.79 Å². The van der Waals surface area contributed by atoms with Crippen LogP contribution in [0.15, 0.2) is 30.3 Å². The second-order valence-corrected chi connectivity index (χ2v) is 9.32. The predicted octanol–water partition coefficient (Wildman–Crippen LogP) is 1.13. The van der Waals surface area contributed by atoms with Gasteiger partial charge in [0.15, 0.2) is 0 Å². The number of rotatable bonds is 5. The standard InChI is InChI=1S/C23H33N5O3/c1-25(2)17-20(29)27-12-6-9-19(16-27)28-21(30)23(24-22(28)31)10-13-26(14-11-23)15-18-7-4-3-5-8-18/h3-5,7-8,19H,6,9-17H2,1-2H3,(H,24,31). The zero-order valence-corrected chi connectivity index (χ0v) is 18.5. The van der Waals surface area contributed by atoms with Gasteiger partial charge in [0.05, 0.1) is 12.6 Å². The fourth-order valence-corrected chi connectivity index (χ4v) is 5.01. The van der Waals surface area contributed by atoms with E-state index >= 15 is 0 Å². The van der Waals surface area contributed by atoms with Crippen LogP contribution in [-0.4, -0.2) is 95.8 Å². The molecule has 168 valence electrons. The van der Waals surface area contributed by atoms with E-state index in [2.05, 4.69) is 22.3 Å². The minimum atomic E-state index is -0.791. The van der Waals surface area contributed by atoms with Gasteiger partial charge in [0.25, 0.3) is 5.91 Å². The van der Waals surface area contributed by atoms with Gasteiger partial charge in [-0.3, -0.25) is 19.4 Å². The van der Waals surface area contributed by atoms with Crippen molar-refractivity contribution in [1.29, 1.82) is 0 Å². The molecule has 1 aromatic rings. The first-order chi connectivity index (χ1) is 14.9. The number of urea groups is 1. The van der Waals surface area contributed by atoms with Crippen molar-refractivity contribution in [2.24, 2.45) is 0 Å². The van der Waals surface area contributed by atoms with Gasteiger partial charge in [0.1, 0.15) is 5.54 Å². The van der Waals surface area contributed by atoms with Gasteiger partial charge in [0.2, 0.25) is 5.91 Å². The Morgan fingerprint density at radius 1 is 1.13 bits per heavy atom. The van der Waals surface area contributed by atoms with E-state index in [9.17, 15) is 14.4 Å². The molecule has 1 spiro atoms. The van der Waals surface area contributed by atoms with E-state index in [1.807, 2.05) is 37.2 Å². The molecule has 0 aliphatic carbocycles.